The SMILES string of the molecule is CC(C)OC(=O)OC(=O)c1ccc(-n2cc(NC(=O)c3cnn4ccc(N5CCN(C(=O)OC(C)(C)C)CC5)nc34)c(C(F)F)n2)cc1. The van der Waals surface area contributed by atoms with Crippen molar-refractivity contribution in [3.05, 3.63) is 65.7 Å². The van der Waals surface area contributed by atoms with Crippen LogP contribution in [0.2, 0.25) is 0 Å². The first-order chi connectivity index (χ1) is 22.7. The van der Waals surface area contributed by atoms with E-state index in [0.29, 0.717) is 32.0 Å². The van der Waals surface area contributed by atoms with Crippen molar-refractivity contribution < 1.29 is 42.2 Å². The maximum Gasteiger partial charge on any atom is 0.516 e. The van der Waals surface area contributed by atoms with E-state index < -0.39 is 47.9 Å². The van der Waals surface area contributed by atoms with Gasteiger partial charge in [-0.05, 0) is 65.0 Å². The highest BCUT2D eigenvalue weighted by molar-refractivity contribution is 6.08. The molecule has 48 heavy (non-hydrogen) atoms. The van der Waals surface area contributed by atoms with Crippen molar-refractivity contribution in [1.29, 1.82) is 0 Å². The largest absolute Gasteiger partial charge is 0.516 e. The smallest absolute Gasteiger partial charge is 0.444 e. The predicted molar refractivity (Wildman–Crippen MR) is 167 cm³/mol. The van der Waals surface area contributed by atoms with E-state index in [9.17, 15) is 28.0 Å². The molecule has 1 aliphatic heterocycles. The number of esters is 1. The second-order valence-corrected chi connectivity index (χ2v) is 12.0. The van der Waals surface area contributed by atoms with Gasteiger partial charge in [0.1, 0.15) is 17.0 Å². The predicted octanol–water partition coefficient (Wildman–Crippen LogP) is 4.86. The second kappa shape index (κ2) is 13.6. The number of hydrogen-bond acceptors (Lipinski definition) is 11. The fraction of sp³-hybridized carbons (Fsp3) is 0.387. The molecule has 2 amide bonds. The topological polar surface area (TPSA) is 162 Å². The van der Waals surface area contributed by atoms with Gasteiger partial charge in [0.25, 0.3) is 12.3 Å². The third-order valence-corrected chi connectivity index (χ3v) is 6.93. The van der Waals surface area contributed by atoms with Crippen molar-refractivity contribution in [3.63, 3.8) is 0 Å². The average Bonchev–Trinajstić information content (AvgIpc) is 3.64. The van der Waals surface area contributed by atoms with Gasteiger partial charge in [-0.1, -0.05) is 0 Å². The van der Waals surface area contributed by atoms with Crippen LogP contribution in [-0.2, 0) is 14.2 Å². The highest BCUT2D eigenvalue weighted by atomic mass is 19.3. The number of fused-ring (bicyclic) bond motifs is 1. The molecule has 3 aromatic heterocycles. The highest BCUT2D eigenvalue weighted by Crippen LogP contribution is 2.28. The van der Waals surface area contributed by atoms with Gasteiger partial charge in [-0.3, -0.25) is 4.79 Å². The molecule has 1 fully saturated rings. The molecule has 0 saturated carbocycles. The quantitative estimate of drug-likeness (QED) is 0.211. The Morgan fingerprint density at radius 2 is 1.67 bits per heavy atom. The number of nitrogens with zero attached hydrogens (tertiary/aromatic N) is 7. The van der Waals surface area contributed by atoms with Crippen LogP contribution >= 0.6 is 0 Å². The van der Waals surface area contributed by atoms with E-state index in [2.05, 4.69) is 25.2 Å². The van der Waals surface area contributed by atoms with Crippen molar-refractivity contribution in [2.45, 2.75) is 52.7 Å². The molecule has 0 aliphatic carbocycles. The summed E-state index contributed by atoms with van der Waals surface area (Å²) >= 11 is 0. The number of piperazine rings is 1. The Morgan fingerprint density at radius 3 is 2.29 bits per heavy atom. The monoisotopic (exact) mass is 668 g/mol. The first-order valence-electron chi connectivity index (χ1n) is 15.0. The van der Waals surface area contributed by atoms with Gasteiger partial charge in [0, 0.05) is 32.4 Å². The number of hydrogen-bond donors (Lipinski definition) is 1. The van der Waals surface area contributed by atoms with Crippen molar-refractivity contribution in [2.24, 2.45) is 0 Å². The van der Waals surface area contributed by atoms with Gasteiger partial charge < -0.3 is 29.3 Å². The lowest BCUT2D eigenvalue weighted by Crippen LogP contribution is -2.50. The summed E-state index contributed by atoms with van der Waals surface area (Å²) in [4.78, 5) is 57.8. The Balaban J connectivity index is 1.29. The van der Waals surface area contributed by atoms with Crippen molar-refractivity contribution in [2.75, 3.05) is 36.4 Å². The molecule has 1 N–H and O–H groups in total. The van der Waals surface area contributed by atoms with Crippen LogP contribution in [0.1, 0.15) is 67.5 Å². The van der Waals surface area contributed by atoms with E-state index in [1.807, 2.05) is 4.90 Å². The summed E-state index contributed by atoms with van der Waals surface area (Å²) in [5.74, 6) is -1.15. The van der Waals surface area contributed by atoms with Crippen LogP contribution in [0.3, 0.4) is 0 Å². The highest BCUT2D eigenvalue weighted by Gasteiger charge is 2.28. The molecular weight excluding hydrogens is 634 g/mol. The Morgan fingerprint density at radius 1 is 0.979 bits per heavy atom. The van der Waals surface area contributed by atoms with Gasteiger partial charge in [0.2, 0.25) is 0 Å². The second-order valence-electron chi connectivity index (χ2n) is 12.0. The number of carbonyl (C=O) groups is 4. The molecule has 0 radical (unpaired) electrons. The zero-order chi connectivity index (χ0) is 34.7. The van der Waals surface area contributed by atoms with Crippen molar-refractivity contribution >= 4 is 41.3 Å². The van der Waals surface area contributed by atoms with Gasteiger partial charge in [-0.25, -0.2) is 37.3 Å². The van der Waals surface area contributed by atoms with Crippen molar-refractivity contribution in [3.8, 4) is 5.69 Å². The van der Waals surface area contributed by atoms with Gasteiger partial charge in [-0.15, -0.1) is 0 Å². The molecule has 0 spiro atoms. The van der Waals surface area contributed by atoms with Crippen LogP contribution < -0.4 is 10.2 Å². The number of halogens is 2. The van der Waals surface area contributed by atoms with Gasteiger partial charge in [0.15, 0.2) is 11.3 Å². The first-order valence-corrected chi connectivity index (χ1v) is 15.0. The summed E-state index contributed by atoms with van der Waals surface area (Å²) in [5, 5.41) is 10.6. The number of aromatic nitrogens is 5. The Labute approximate surface area is 273 Å². The van der Waals surface area contributed by atoms with Crippen molar-refractivity contribution in [1.82, 2.24) is 29.3 Å². The summed E-state index contributed by atoms with van der Waals surface area (Å²) in [7, 11) is 0. The minimum absolute atomic E-state index is 0.0131. The Bertz CT molecular complexity index is 1820. The summed E-state index contributed by atoms with van der Waals surface area (Å²) in [5.41, 5.74) is -1.00. The molecule has 5 rings (SSSR count). The van der Waals surface area contributed by atoms with Crippen LogP contribution in [0.25, 0.3) is 11.3 Å². The summed E-state index contributed by atoms with van der Waals surface area (Å²) in [6.45, 7) is 10.4. The summed E-state index contributed by atoms with van der Waals surface area (Å²) < 4.78 is 45.4. The summed E-state index contributed by atoms with van der Waals surface area (Å²) in [6.07, 6.45) is -0.934. The number of benzene rings is 1. The average molecular weight is 669 g/mol. The van der Waals surface area contributed by atoms with E-state index in [1.54, 1.807) is 51.8 Å². The van der Waals surface area contributed by atoms with E-state index in [-0.39, 0.29) is 28.1 Å². The van der Waals surface area contributed by atoms with Crippen LogP contribution in [0.5, 0.6) is 0 Å². The number of carbonyl (C=O) groups excluding carboxylic acids is 4. The maximum absolute atomic E-state index is 14.0. The fourth-order valence-electron chi connectivity index (χ4n) is 4.71. The molecule has 4 heterocycles. The van der Waals surface area contributed by atoms with E-state index >= 15 is 0 Å². The van der Waals surface area contributed by atoms with Gasteiger partial charge in [-0.2, -0.15) is 10.2 Å². The number of ether oxygens (including phenoxy) is 3. The number of nitrogens with one attached hydrogen (secondary N) is 1. The third kappa shape index (κ3) is 7.84. The number of amides is 2. The molecule has 0 atom stereocenters. The lowest BCUT2D eigenvalue weighted by Gasteiger charge is -2.36. The van der Waals surface area contributed by atoms with E-state index in [1.165, 1.54) is 41.2 Å². The fourth-order valence-corrected chi connectivity index (χ4v) is 4.71. The first kappa shape index (κ1) is 33.7. The molecular formula is C31H34F2N8O7. The van der Waals surface area contributed by atoms with Gasteiger partial charge in [0.05, 0.1) is 35.4 Å². The van der Waals surface area contributed by atoms with Gasteiger partial charge >= 0.3 is 18.2 Å². The standard InChI is InChI=1S/C31H34F2N8O7/c1-18(2)46-30(45)47-28(43)19-6-8-20(9-7-19)41-17-22(24(37-41)25(32)33)35-27(42)21-16-34-40-11-10-23(36-26(21)40)38-12-14-39(15-13-38)29(44)48-31(3,4)5/h6-11,16-18,25H,12-15H2,1-5H3,(H,35,42). The van der Waals surface area contributed by atoms with Crippen LogP contribution in [0.15, 0.2) is 48.9 Å². The molecule has 254 valence electrons. The Hall–Kier alpha value is -5.61. The molecule has 17 heteroatoms. The lowest BCUT2D eigenvalue weighted by atomic mass is 10.2. The number of anilines is 2. The minimum atomic E-state index is -3.03. The maximum atomic E-state index is 14.0. The molecule has 1 aliphatic rings. The van der Waals surface area contributed by atoms with E-state index in [0.717, 1.165) is 4.68 Å². The normalized spacial score (nSPS) is 13.6. The minimum Gasteiger partial charge on any atom is -0.444 e. The zero-order valence-electron chi connectivity index (χ0n) is 26.8. The van der Waals surface area contributed by atoms with E-state index in [4.69, 9.17) is 9.47 Å². The number of rotatable bonds is 7. The third-order valence-electron chi connectivity index (χ3n) is 6.93. The van der Waals surface area contributed by atoms with Crippen LogP contribution in [0, 0.1) is 0 Å². The molecule has 15 nitrogen and oxygen atoms in total. The molecule has 0 unspecified atom stereocenters. The zero-order valence-corrected chi connectivity index (χ0v) is 26.8. The molecule has 0 bridgehead atoms. The van der Waals surface area contributed by atoms with Crippen LogP contribution in [0.4, 0.5) is 29.9 Å². The Kier molecular flexibility index (Phi) is 9.58. The van der Waals surface area contributed by atoms with Crippen LogP contribution in [-0.4, -0.2) is 91.3 Å². The lowest BCUT2D eigenvalue weighted by molar-refractivity contribution is 0.0236. The molecule has 1 aromatic carbocycles. The molecule has 4 aromatic rings. The summed E-state index contributed by atoms with van der Waals surface area (Å²) in [6, 6.07) is 7.18. The number of alkyl halides is 2. The molecule has 1 saturated heterocycles.